The van der Waals surface area contributed by atoms with Gasteiger partial charge in [-0.05, 0) is 42.2 Å². The van der Waals surface area contributed by atoms with E-state index in [1.54, 1.807) is 7.11 Å². The van der Waals surface area contributed by atoms with Gasteiger partial charge >= 0.3 is 0 Å². The second-order valence-electron chi connectivity index (χ2n) is 5.08. The van der Waals surface area contributed by atoms with Crippen LogP contribution in [0.5, 0.6) is 0 Å². The summed E-state index contributed by atoms with van der Waals surface area (Å²) < 4.78 is 5.09. The Bertz CT molecular complexity index is 342. The maximum absolute atomic E-state index is 5.09. The lowest BCUT2D eigenvalue weighted by atomic mass is 9.96. The number of benzene rings is 1. The van der Waals surface area contributed by atoms with Crippen molar-refractivity contribution >= 4 is 15.9 Å². The topological polar surface area (TPSA) is 9.23 Å². The van der Waals surface area contributed by atoms with Gasteiger partial charge in [0.25, 0.3) is 0 Å². The Morgan fingerprint density at radius 2 is 1.94 bits per heavy atom. The minimum atomic E-state index is 0.506. The van der Waals surface area contributed by atoms with E-state index in [0.29, 0.717) is 4.83 Å². The van der Waals surface area contributed by atoms with Crippen molar-refractivity contribution < 1.29 is 4.74 Å². The summed E-state index contributed by atoms with van der Waals surface area (Å²) in [5.41, 5.74) is 2.76. The van der Waals surface area contributed by atoms with Crippen molar-refractivity contribution in [1.82, 2.24) is 0 Å². The van der Waals surface area contributed by atoms with Crippen LogP contribution in [-0.4, -0.2) is 13.7 Å². The van der Waals surface area contributed by atoms with Gasteiger partial charge in [-0.25, -0.2) is 0 Å². The fourth-order valence-electron chi connectivity index (χ4n) is 2.25. The molecular formula is C15H21BrO. The third-order valence-corrected chi connectivity index (χ3v) is 5.08. The van der Waals surface area contributed by atoms with Crippen molar-refractivity contribution in [2.24, 2.45) is 11.8 Å². The lowest BCUT2D eigenvalue weighted by molar-refractivity contribution is 0.202. The summed E-state index contributed by atoms with van der Waals surface area (Å²) in [6.45, 7) is 3.16. The van der Waals surface area contributed by atoms with Gasteiger partial charge in [0.15, 0.2) is 0 Å². The van der Waals surface area contributed by atoms with Crippen LogP contribution in [0.15, 0.2) is 24.3 Å². The van der Waals surface area contributed by atoms with Crippen molar-refractivity contribution in [1.29, 1.82) is 0 Å². The number of ether oxygens (including phenoxy) is 1. The zero-order chi connectivity index (χ0) is 12.3. The molecule has 1 aromatic carbocycles. The van der Waals surface area contributed by atoms with Gasteiger partial charge in [0, 0.05) is 11.9 Å². The first-order chi connectivity index (χ1) is 8.22. The van der Waals surface area contributed by atoms with E-state index in [2.05, 4.69) is 47.1 Å². The highest BCUT2D eigenvalue weighted by molar-refractivity contribution is 9.09. The minimum absolute atomic E-state index is 0.506. The summed E-state index contributed by atoms with van der Waals surface area (Å²) in [7, 11) is 1.75. The smallest absolute Gasteiger partial charge is 0.0502 e. The van der Waals surface area contributed by atoms with Crippen LogP contribution in [0.25, 0.3) is 0 Å². The van der Waals surface area contributed by atoms with Crippen LogP contribution < -0.4 is 0 Å². The van der Waals surface area contributed by atoms with Crippen LogP contribution in [-0.2, 0) is 11.2 Å². The lowest BCUT2D eigenvalue weighted by Gasteiger charge is -2.18. The number of rotatable bonds is 6. The largest absolute Gasteiger partial charge is 0.384 e. The van der Waals surface area contributed by atoms with Crippen LogP contribution in [0, 0.1) is 11.8 Å². The van der Waals surface area contributed by atoms with Gasteiger partial charge in [-0.3, -0.25) is 0 Å². The minimum Gasteiger partial charge on any atom is -0.384 e. The molecule has 1 aliphatic rings. The van der Waals surface area contributed by atoms with Crippen LogP contribution in [0.1, 0.15) is 35.7 Å². The SMILES string of the molecule is COCCc1ccc(C(Br)C(C)C2CC2)cc1. The van der Waals surface area contributed by atoms with E-state index < -0.39 is 0 Å². The van der Waals surface area contributed by atoms with E-state index in [-0.39, 0.29) is 0 Å². The molecule has 94 valence electrons. The Balaban J connectivity index is 1.96. The number of hydrogen-bond acceptors (Lipinski definition) is 1. The third kappa shape index (κ3) is 3.56. The molecule has 17 heavy (non-hydrogen) atoms. The molecule has 0 spiro atoms. The standard InChI is InChI=1S/C15H21BrO/c1-11(13-7-8-13)15(16)14-5-3-12(4-6-14)9-10-17-2/h3-6,11,13,15H,7-10H2,1-2H3. The first-order valence-electron chi connectivity index (χ1n) is 6.44. The van der Waals surface area contributed by atoms with Crippen LogP contribution in [0.2, 0.25) is 0 Å². The second-order valence-corrected chi connectivity index (χ2v) is 6.07. The molecule has 1 saturated carbocycles. The summed E-state index contributed by atoms with van der Waals surface area (Å²) in [4.78, 5) is 0.506. The van der Waals surface area contributed by atoms with Gasteiger partial charge in [-0.15, -0.1) is 0 Å². The molecule has 0 heterocycles. The molecule has 1 nitrogen and oxygen atoms in total. The number of hydrogen-bond donors (Lipinski definition) is 0. The van der Waals surface area contributed by atoms with Gasteiger partial charge < -0.3 is 4.74 Å². The van der Waals surface area contributed by atoms with Crippen LogP contribution >= 0.6 is 15.9 Å². The van der Waals surface area contributed by atoms with Gasteiger partial charge in [-0.1, -0.05) is 47.1 Å². The Kier molecular flexibility index (Phi) is 4.63. The molecule has 2 heteroatoms. The Labute approximate surface area is 113 Å². The van der Waals surface area contributed by atoms with Crippen molar-refractivity contribution in [3.63, 3.8) is 0 Å². The molecule has 0 aliphatic heterocycles. The quantitative estimate of drug-likeness (QED) is 0.709. The highest BCUT2D eigenvalue weighted by Crippen LogP contribution is 2.46. The maximum Gasteiger partial charge on any atom is 0.0502 e. The Hall–Kier alpha value is -0.340. The highest BCUT2D eigenvalue weighted by atomic mass is 79.9. The first-order valence-corrected chi connectivity index (χ1v) is 7.35. The van der Waals surface area contributed by atoms with Gasteiger partial charge in [0.2, 0.25) is 0 Å². The molecule has 0 N–H and O–H groups in total. The molecule has 0 amide bonds. The Morgan fingerprint density at radius 1 is 1.29 bits per heavy atom. The fourth-order valence-corrected chi connectivity index (χ4v) is 2.99. The van der Waals surface area contributed by atoms with E-state index in [1.807, 2.05) is 0 Å². The normalized spacial score (nSPS) is 19.0. The number of methoxy groups -OCH3 is 1. The molecule has 2 rings (SSSR count). The van der Waals surface area contributed by atoms with Crippen molar-refractivity contribution in [3.8, 4) is 0 Å². The fraction of sp³-hybridized carbons (Fsp3) is 0.600. The molecule has 1 aliphatic carbocycles. The molecule has 1 aromatic rings. The summed E-state index contributed by atoms with van der Waals surface area (Å²) >= 11 is 3.84. The average Bonchev–Trinajstić information content (AvgIpc) is 3.19. The van der Waals surface area contributed by atoms with E-state index in [9.17, 15) is 0 Å². The molecule has 0 bridgehead atoms. The second kappa shape index (κ2) is 6.01. The first kappa shape index (κ1) is 13.1. The highest BCUT2D eigenvalue weighted by Gasteiger charge is 2.32. The summed E-state index contributed by atoms with van der Waals surface area (Å²) in [5, 5.41) is 0. The molecule has 1 fully saturated rings. The molecule has 0 saturated heterocycles. The Morgan fingerprint density at radius 3 is 2.47 bits per heavy atom. The molecular weight excluding hydrogens is 276 g/mol. The van der Waals surface area contributed by atoms with E-state index in [0.717, 1.165) is 24.9 Å². The average molecular weight is 297 g/mol. The monoisotopic (exact) mass is 296 g/mol. The van der Waals surface area contributed by atoms with Crippen molar-refractivity contribution in [2.75, 3.05) is 13.7 Å². The van der Waals surface area contributed by atoms with E-state index in [1.165, 1.54) is 24.0 Å². The molecule has 0 aromatic heterocycles. The van der Waals surface area contributed by atoms with Crippen molar-refractivity contribution in [2.45, 2.75) is 31.0 Å². The van der Waals surface area contributed by atoms with E-state index in [4.69, 9.17) is 4.74 Å². The van der Waals surface area contributed by atoms with Gasteiger partial charge in [-0.2, -0.15) is 0 Å². The molecule has 2 unspecified atom stereocenters. The lowest BCUT2D eigenvalue weighted by Crippen LogP contribution is -2.05. The van der Waals surface area contributed by atoms with Crippen LogP contribution in [0.4, 0.5) is 0 Å². The zero-order valence-corrected chi connectivity index (χ0v) is 12.2. The summed E-state index contributed by atoms with van der Waals surface area (Å²) in [6.07, 6.45) is 3.83. The summed E-state index contributed by atoms with van der Waals surface area (Å²) in [6, 6.07) is 8.96. The van der Waals surface area contributed by atoms with E-state index >= 15 is 0 Å². The van der Waals surface area contributed by atoms with Crippen molar-refractivity contribution in [3.05, 3.63) is 35.4 Å². The number of halogens is 1. The molecule has 2 atom stereocenters. The zero-order valence-electron chi connectivity index (χ0n) is 10.7. The van der Waals surface area contributed by atoms with Gasteiger partial charge in [0.05, 0.1) is 6.61 Å². The predicted molar refractivity (Wildman–Crippen MR) is 75.6 cm³/mol. The number of alkyl halides is 1. The van der Waals surface area contributed by atoms with Crippen LogP contribution in [0.3, 0.4) is 0 Å². The maximum atomic E-state index is 5.09. The third-order valence-electron chi connectivity index (χ3n) is 3.72. The molecule has 0 radical (unpaired) electrons. The summed E-state index contributed by atoms with van der Waals surface area (Å²) in [5.74, 6) is 1.69. The predicted octanol–water partition coefficient (Wildman–Crippen LogP) is 4.36. The van der Waals surface area contributed by atoms with Gasteiger partial charge in [0.1, 0.15) is 0 Å².